The van der Waals surface area contributed by atoms with Crippen LogP contribution in [-0.2, 0) is 4.79 Å². The second-order valence-electron chi connectivity index (χ2n) is 8.44. The van der Waals surface area contributed by atoms with Crippen molar-refractivity contribution in [2.75, 3.05) is 25.4 Å². The molecule has 0 radical (unpaired) electrons. The number of para-hydroxylation sites is 1. The van der Waals surface area contributed by atoms with E-state index in [1.165, 1.54) is 0 Å². The molecule has 1 saturated heterocycles. The summed E-state index contributed by atoms with van der Waals surface area (Å²) >= 11 is 0. The molecule has 166 valence electrons. The number of piperidine rings is 1. The highest BCUT2D eigenvalue weighted by Gasteiger charge is 2.26. The third-order valence-corrected chi connectivity index (χ3v) is 5.95. The van der Waals surface area contributed by atoms with Crippen molar-refractivity contribution in [2.45, 2.75) is 39.0 Å². The number of carbonyl (C=O) groups excluding carboxylic acids is 1. The van der Waals surface area contributed by atoms with Crippen LogP contribution < -0.4 is 10.5 Å². The molecule has 1 fully saturated rings. The molecule has 1 aromatic carbocycles. The number of hydrogen-bond acceptors (Lipinski definition) is 5. The van der Waals surface area contributed by atoms with Crippen molar-refractivity contribution in [3.05, 3.63) is 71.7 Å². The van der Waals surface area contributed by atoms with Gasteiger partial charge in [-0.2, -0.15) is 0 Å². The number of benzene rings is 1. The molecular formula is C26H30N4O2. The normalized spacial score (nSPS) is 16.1. The molecule has 4 rings (SSSR count). The quantitative estimate of drug-likeness (QED) is 0.622. The Morgan fingerprint density at radius 1 is 1.16 bits per heavy atom. The van der Waals surface area contributed by atoms with E-state index in [1.54, 1.807) is 6.20 Å². The fraction of sp³-hybridized carbons (Fsp3) is 0.346. The average Bonchev–Trinajstić information content (AvgIpc) is 2.80. The molecule has 2 aromatic heterocycles. The smallest absolute Gasteiger partial charge is 0.226 e. The lowest BCUT2D eigenvalue weighted by Crippen LogP contribution is -2.39. The molecule has 1 aliphatic heterocycles. The van der Waals surface area contributed by atoms with Crippen molar-refractivity contribution >= 4 is 11.7 Å². The molecule has 0 bridgehead atoms. The lowest BCUT2D eigenvalue weighted by atomic mass is 9.92. The van der Waals surface area contributed by atoms with E-state index in [9.17, 15) is 4.79 Å². The van der Waals surface area contributed by atoms with Crippen molar-refractivity contribution in [3.63, 3.8) is 0 Å². The van der Waals surface area contributed by atoms with Crippen molar-refractivity contribution in [3.8, 4) is 16.9 Å². The molecule has 0 saturated carbocycles. The lowest BCUT2D eigenvalue weighted by Gasteiger charge is -2.33. The first-order chi connectivity index (χ1) is 15.5. The Bertz CT molecular complexity index is 1080. The molecule has 1 unspecified atom stereocenters. The number of rotatable bonds is 6. The molecule has 6 nitrogen and oxygen atoms in total. The zero-order valence-corrected chi connectivity index (χ0v) is 18.8. The Morgan fingerprint density at radius 3 is 2.78 bits per heavy atom. The number of aryl methyl sites for hydroxylation is 2. The minimum Gasteiger partial charge on any atom is -0.493 e. The van der Waals surface area contributed by atoms with Gasteiger partial charge in [-0.15, -0.1) is 0 Å². The highest BCUT2D eigenvalue weighted by atomic mass is 16.5. The van der Waals surface area contributed by atoms with E-state index in [4.69, 9.17) is 15.5 Å². The topological polar surface area (TPSA) is 81.3 Å². The van der Waals surface area contributed by atoms with Crippen LogP contribution in [0.1, 0.15) is 42.1 Å². The summed E-state index contributed by atoms with van der Waals surface area (Å²) in [5, 5.41) is 0. The zero-order chi connectivity index (χ0) is 22.5. The van der Waals surface area contributed by atoms with Crippen LogP contribution in [0.4, 0.5) is 5.82 Å². The van der Waals surface area contributed by atoms with Crippen LogP contribution in [0, 0.1) is 13.8 Å². The molecule has 0 aliphatic carbocycles. The zero-order valence-electron chi connectivity index (χ0n) is 18.8. The fourth-order valence-electron chi connectivity index (χ4n) is 4.22. The van der Waals surface area contributed by atoms with Crippen LogP contribution >= 0.6 is 0 Å². The van der Waals surface area contributed by atoms with Crippen LogP contribution in [0.3, 0.4) is 0 Å². The van der Waals surface area contributed by atoms with Crippen LogP contribution in [0.2, 0.25) is 0 Å². The molecule has 1 atom stereocenters. The van der Waals surface area contributed by atoms with Gasteiger partial charge < -0.3 is 15.4 Å². The van der Waals surface area contributed by atoms with Gasteiger partial charge in [0.25, 0.3) is 0 Å². The molecular weight excluding hydrogens is 400 g/mol. The van der Waals surface area contributed by atoms with E-state index in [0.717, 1.165) is 53.2 Å². The highest BCUT2D eigenvalue weighted by molar-refractivity contribution is 5.76. The van der Waals surface area contributed by atoms with Crippen molar-refractivity contribution in [1.29, 1.82) is 0 Å². The lowest BCUT2D eigenvalue weighted by molar-refractivity contribution is -0.132. The first kappa shape index (κ1) is 21.8. The van der Waals surface area contributed by atoms with Crippen molar-refractivity contribution < 1.29 is 9.53 Å². The first-order valence-corrected chi connectivity index (χ1v) is 11.2. The number of nitrogens with two attached hydrogens (primary N) is 1. The van der Waals surface area contributed by atoms with Gasteiger partial charge in [-0.25, -0.2) is 4.98 Å². The molecule has 3 heterocycles. The Balaban J connectivity index is 1.40. The predicted molar refractivity (Wildman–Crippen MR) is 126 cm³/mol. The van der Waals surface area contributed by atoms with Crippen molar-refractivity contribution in [1.82, 2.24) is 14.9 Å². The Labute approximate surface area is 189 Å². The molecule has 3 aromatic rings. The first-order valence-electron chi connectivity index (χ1n) is 11.2. The van der Waals surface area contributed by atoms with Gasteiger partial charge in [-0.05, 0) is 68.1 Å². The van der Waals surface area contributed by atoms with E-state index in [1.807, 2.05) is 55.1 Å². The number of pyridine rings is 2. The summed E-state index contributed by atoms with van der Waals surface area (Å²) in [5.74, 6) is 1.71. The van der Waals surface area contributed by atoms with Crippen LogP contribution in [-0.4, -0.2) is 40.5 Å². The minimum atomic E-state index is 0.138. The molecule has 6 heteroatoms. The molecule has 2 N–H and O–H groups in total. The summed E-state index contributed by atoms with van der Waals surface area (Å²) in [5.41, 5.74) is 10.9. The maximum Gasteiger partial charge on any atom is 0.226 e. The number of nitrogen functional groups attached to an aromatic ring is 1. The summed E-state index contributed by atoms with van der Waals surface area (Å²) in [6.07, 6.45) is 4.17. The van der Waals surface area contributed by atoms with E-state index in [2.05, 4.69) is 17.1 Å². The average molecular weight is 431 g/mol. The molecule has 1 aliphatic rings. The number of likely N-dealkylation sites (tertiary alicyclic amines) is 1. The Hall–Kier alpha value is -3.41. The predicted octanol–water partition coefficient (Wildman–Crippen LogP) is 4.52. The number of hydrogen-bond donors (Lipinski definition) is 1. The van der Waals surface area contributed by atoms with E-state index in [-0.39, 0.29) is 11.8 Å². The van der Waals surface area contributed by atoms with Gasteiger partial charge in [0.2, 0.25) is 5.91 Å². The number of ether oxygens (including phenoxy) is 1. The fourth-order valence-corrected chi connectivity index (χ4v) is 4.22. The van der Waals surface area contributed by atoms with Gasteiger partial charge in [0.15, 0.2) is 0 Å². The monoisotopic (exact) mass is 430 g/mol. The van der Waals surface area contributed by atoms with Gasteiger partial charge in [0.05, 0.1) is 13.0 Å². The highest BCUT2D eigenvalue weighted by Crippen LogP contribution is 2.30. The second kappa shape index (κ2) is 9.81. The Kier molecular flexibility index (Phi) is 6.69. The third-order valence-electron chi connectivity index (χ3n) is 5.95. The number of nitrogens with zero attached hydrogens (tertiary/aromatic N) is 3. The number of carbonyl (C=O) groups is 1. The maximum atomic E-state index is 12.8. The van der Waals surface area contributed by atoms with Gasteiger partial charge in [-0.1, -0.05) is 18.2 Å². The summed E-state index contributed by atoms with van der Waals surface area (Å²) in [6, 6.07) is 15.9. The number of anilines is 1. The van der Waals surface area contributed by atoms with Gasteiger partial charge in [0.1, 0.15) is 11.6 Å². The molecule has 0 spiro atoms. The number of aromatic nitrogens is 2. The van der Waals surface area contributed by atoms with Gasteiger partial charge in [-0.3, -0.25) is 9.78 Å². The van der Waals surface area contributed by atoms with Crippen LogP contribution in [0.5, 0.6) is 5.75 Å². The van der Waals surface area contributed by atoms with E-state index in [0.29, 0.717) is 25.4 Å². The van der Waals surface area contributed by atoms with E-state index < -0.39 is 0 Å². The molecule has 32 heavy (non-hydrogen) atoms. The van der Waals surface area contributed by atoms with E-state index >= 15 is 0 Å². The summed E-state index contributed by atoms with van der Waals surface area (Å²) in [7, 11) is 0. The maximum absolute atomic E-state index is 12.8. The van der Waals surface area contributed by atoms with Crippen molar-refractivity contribution in [2.24, 2.45) is 0 Å². The third kappa shape index (κ3) is 5.25. The van der Waals surface area contributed by atoms with Gasteiger partial charge in [0, 0.05) is 42.2 Å². The summed E-state index contributed by atoms with van der Waals surface area (Å²) < 4.78 is 5.82. The summed E-state index contributed by atoms with van der Waals surface area (Å²) in [4.78, 5) is 23.8. The number of amides is 1. The minimum absolute atomic E-state index is 0.138. The molecule has 1 amide bonds. The summed E-state index contributed by atoms with van der Waals surface area (Å²) in [6.45, 7) is 5.89. The second-order valence-corrected chi connectivity index (χ2v) is 8.44. The largest absolute Gasteiger partial charge is 0.493 e. The van der Waals surface area contributed by atoms with Crippen LogP contribution in [0.15, 0.2) is 54.7 Å². The van der Waals surface area contributed by atoms with Gasteiger partial charge >= 0.3 is 0 Å². The van der Waals surface area contributed by atoms with Crippen LogP contribution in [0.25, 0.3) is 11.1 Å². The SMILES string of the molecule is Cc1cc(-c2ccc(N)nc2)cc(C2CCCN(C(=O)CCOc3ccccc3C)C2)n1. The Morgan fingerprint density at radius 2 is 2.00 bits per heavy atom. The standard InChI is InChI=1S/C26H30N4O2/c1-18-6-3-4-8-24(18)32-13-11-26(31)30-12-5-7-21(17-30)23-15-22(14-19(2)29-23)20-9-10-25(27)28-16-20/h3-4,6,8-10,14-16,21H,5,7,11-13,17H2,1-2H3,(H2,27,28).